The average molecular weight is 268 g/mol. The molecule has 0 heterocycles. The monoisotopic (exact) mass is 268 g/mol. The SMILES string of the molecule is CC(C)(C)CC1CCCC(CC(=O)OC(C)(C)C)C1. The molecule has 2 nitrogen and oxygen atoms in total. The number of rotatable bonds is 3. The van der Waals surface area contributed by atoms with Crippen LogP contribution in [-0.4, -0.2) is 11.6 Å². The van der Waals surface area contributed by atoms with Crippen molar-refractivity contribution in [3.8, 4) is 0 Å². The first kappa shape index (κ1) is 16.5. The first-order valence-corrected chi connectivity index (χ1v) is 7.77. The van der Waals surface area contributed by atoms with Gasteiger partial charge in [0.05, 0.1) is 0 Å². The molecule has 1 aliphatic rings. The third-order valence-electron chi connectivity index (χ3n) is 3.67. The number of carbonyl (C=O) groups excluding carboxylic acids is 1. The van der Waals surface area contributed by atoms with E-state index in [0.29, 0.717) is 17.8 Å². The van der Waals surface area contributed by atoms with Gasteiger partial charge >= 0.3 is 5.97 Å². The summed E-state index contributed by atoms with van der Waals surface area (Å²) in [6.45, 7) is 12.7. The molecule has 0 spiro atoms. The van der Waals surface area contributed by atoms with Gasteiger partial charge in [-0.3, -0.25) is 4.79 Å². The first-order chi connectivity index (χ1) is 8.55. The minimum Gasteiger partial charge on any atom is -0.460 e. The third-order valence-corrected chi connectivity index (χ3v) is 3.67. The minimum absolute atomic E-state index is 0.0195. The Morgan fingerprint density at radius 1 is 1.05 bits per heavy atom. The van der Waals surface area contributed by atoms with Gasteiger partial charge in [0, 0.05) is 6.42 Å². The summed E-state index contributed by atoms with van der Waals surface area (Å²) in [4.78, 5) is 11.9. The molecule has 0 saturated heterocycles. The van der Waals surface area contributed by atoms with E-state index in [-0.39, 0.29) is 11.6 Å². The van der Waals surface area contributed by atoms with Crippen LogP contribution in [0.2, 0.25) is 0 Å². The second kappa shape index (κ2) is 6.28. The molecule has 1 aliphatic carbocycles. The Bertz CT molecular complexity index is 293. The second-order valence-electron chi connectivity index (χ2n) is 8.45. The van der Waals surface area contributed by atoms with Crippen LogP contribution in [0.25, 0.3) is 0 Å². The molecule has 2 atom stereocenters. The zero-order chi connectivity index (χ0) is 14.7. The molecular weight excluding hydrogens is 236 g/mol. The van der Waals surface area contributed by atoms with Gasteiger partial charge in [0.15, 0.2) is 0 Å². The fraction of sp³-hybridized carbons (Fsp3) is 0.941. The molecule has 0 bridgehead atoms. The maximum atomic E-state index is 11.9. The molecular formula is C17H32O2. The highest BCUT2D eigenvalue weighted by Crippen LogP contribution is 2.38. The third kappa shape index (κ3) is 7.59. The van der Waals surface area contributed by atoms with Gasteiger partial charge in [0.2, 0.25) is 0 Å². The molecule has 112 valence electrons. The van der Waals surface area contributed by atoms with Gasteiger partial charge in [-0.05, 0) is 57.3 Å². The van der Waals surface area contributed by atoms with Crippen molar-refractivity contribution in [2.75, 3.05) is 0 Å². The summed E-state index contributed by atoms with van der Waals surface area (Å²) in [5, 5.41) is 0. The highest BCUT2D eigenvalue weighted by atomic mass is 16.6. The molecule has 0 aromatic heterocycles. The molecule has 0 N–H and O–H groups in total. The largest absolute Gasteiger partial charge is 0.460 e. The van der Waals surface area contributed by atoms with E-state index < -0.39 is 0 Å². The van der Waals surface area contributed by atoms with Crippen LogP contribution in [0.1, 0.15) is 80.1 Å². The lowest BCUT2D eigenvalue weighted by molar-refractivity contribution is -0.156. The highest BCUT2D eigenvalue weighted by Gasteiger charge is 2.28. The van der Waals surface area contributed by atoms with Gasteiger partial charge in [0.1, 0.15) is 5.60 Å². The summed E-state index contributed by atoms with van der Waals surface area (Å²) in [6.07, 6.45) is 6.89. The average Bonchev–Trinajstić information content (AvgIpc) is 2.11. The maximum absolute atomic E-state index is 11.9. The number of ether oxygens (including phenoxy) is 1. The van der Waals surface area contributed by atoms with E-state index in [0.717, 1.165) is 5.92 Å². The van der Waals surface area contributed by atoms with Crippen molar-refractivity contribution in [2.24, 2.45) is 17.3 Å². The zero-order valence-electron chi connectivity index (χ0n) is 13.7. The Morgan fingerprint density at radius 2 is 1.63 bits per heavy atom. The van der Waals surface area contributed by atoms with Crippen molar-refractivity contribution in [3.05, 3.63) is 0 Å². The lowest BCUT2D eigenvalue weighted by atomic mass is 9.73. The molecule has 0 aromatic rings. The van der Waals surface area contributed by atoms with Crippen LogP contribution in [0.5, 0.6) is 0 Å². The Balaban J connectivity index is 2.41. The summed E-state index contributed by atoms with van der Waals surface area (Å²) >= 11 is 0. The molecule has 0 radical (unpaired) electrons. The van der Waals surface area contributed by atoms with Gasteiger partial charge < -0.3 is 4.74 Å². The molecule has 0 aromatic carbocycles. The fourth-order valence-electron chi connectivity index (χ4n) is 3.26. The fourth-order valence-corrected chi connectivity index (χ4v) is 3.26. The zero-order valence-corrected chi connectivity index (χ0v) is 13.7. The Kier molecular flexibility index (Phi) is 5.46. The smallest absolute Gasteiger partial charge is 0.306 e. The van der Waals surface area contributed by atoms with E-state index >= 15 is 0 Å². The van der Waals surface area contributed by atoms with E-state index in [4.69, 9.17) is 4.74 Å². The van der Waals surface area contributed by atoms with Crippen molar-refractivity contribution in [1.82, 2.24) is 0 Å². The van der Waals surface area contributed by atoms with E-state index in [1.165, 1.54) is 32.1 Å². The van der Waals surface area contributed by atoms with Crippen LogP contribution in [0.4, 0.5) is 0 Å². The lowest BCUT2D eigenvalue weighted by Gasteiger charge is -2.33. The summed E-state index contributed by atoms with van der Waals surface area (Å²) in [5.41, 5.74) is 0.0506. The number of hydrogen-bond donors (Lipinski definition) is 0. The molecule has 1 saturated carbocycles. The second-order valence-corrected chi connectivity index (χ2v) is 8.45. The van der Waals surface area contributed by atoms with E-state index in [2.05, 4.69) is 20.8 Å². The predicted octanol–water partition coefficient (Wildman–Crippen LogP) is 4.96. The standard InChI is InChI=1S/C17H32O2/c1-16(2,3)12-14-9-7-8-13(10-14)11-15(18)19-17(4,5)6/h13-14H,7-12H2,1-6H3. The first-order valence-electron chi connectivity index (χ1n) is 7.77. The van der Waals surface area contributed by atoms with Crippen molar-refractivity contribution in [2.45, 2.75) is 85.7 Å². The quantitative estimate of drug-likeness (QED) is 0.676. The lowest BCUT2D eigenvalue weighted by Crippen LogP contribution is -2.27. The molecule has 2 heteroatoms. The molecule has 0 aliphatic heterocycles. The molecule has 1 rings (SSSR count). The summed E-state index contributed by atoms with van der Waals surface area (Å²) in [5.74, 6) is 1.31. The molecule has 0 amide bonds. The van der Waals surface area contributed by atoms with Gasteiger partial charge in [-0.2, -0.15) is 0 Å². The van der Waals surface area contributed by atoms with Crippen LogP contribution in [0.3, 0.4) is 0 Å². The van der Waals surface area contributed by atoms with Crippen molar-refractivity contribution >= 4 is 5.97 Å². The summed E-state index contributed by atoms with van der Waals surface area (Å²) in [6, 6.07) is 0. The summed E-state index contributed by atoms with van der Waals surface area (Å²) < 4.78 is 5.44. The van der Waals surface area contributed by atoms with Gasteiger partial charge in [-0.1, -0.05) is 33.6 Å². The predicted molar refractivity (Wildman–Crippen MR) is 80.0 cm³/mol. The minimum atomic E-state index is -0.351. The van der Waals surface area contributed by atoms with E-state index in [1.54, 1.807) is 0 Å². The van der Waals surface area contributed by atoms with Crippen LogP contribution < -0.4 is 0 Å². The molecule has 19 heavy (non-hydrogen) atoms. The van der Waals surface area contributed by atoms with Crippen LogP contribution in [0.15, 0.2) is 0 Å². The van der Waals surface area contributed by atoms with E-state index in [1.807, 2.05) is 20.8 Å². The maximum Gasteiger partial charge on any atom is 0.306 e. The number of esters is 1. The van der Waals surface area contributed by atoms with Gasteiger partial charge in [0.25, 0.3) is 0 Å². The highest BCUT2D eigenvalue weighted by molar-refractivity contribution is 5.70. The van der Waals surface area contributed by atoms with Crippen molar-refractivity contribution in [1.29, 1.82) is 0 Å². The van der Waals surface area contributed by atoms with Crippen LogP contribution in [-0.2, 0) is 9.53 Å². The number of carbonyl (C=O) groups is 1. The normalized spacial score (nSPS) is 25.2. The topological polar surface area (TPSA) is 26.3 Å². The molecule has 2 unspecified atom stereocenters. The van der Waals surface area contributed by atoms with Crippen LogP contribution >= 0.6 is 0 Å². The van der Waals surface area contributed by atoms with E-state index in [9.17, 15) is 4.79 Å². The van der Waals surface area contributed by atoms with Crippen molar-refractivity contribution in [3.63, 3.8) is 0 Å². The molecule has 1 fully saturated rings. The number of hydrogen-bond acceptors (Lipinski definition) is 2. The summed E-state index contributed by atoms with van der Waals surface area (Å²) in [7, 11) is 0. The van der Waals surface area contributed by atoms with Crippen LogP contribution in [0, 0.1) is 17.3 Å². The Hall–Kier alpha value is -0.530. The van der Waals surface area contributed by atoms with Gasteiger partial charge in [-0.25, -0.2) is 0 Å². The van der Waals surface area contributed by atoms with Crippen molar-refractivity contribution < 1.29 is 9.53 Å². The van der Waals surface area contributed by atoms with Gasteiger partial charge in [-0.15, -0.1) is 0 Å². The Labute approximate surface area is 119 Å². The Morgan fingerprint density at radius 3 is 2.16 bits per heavy atom.